The highest BCUT2D eigenvalue weighted by molar-refractivity contribution is 8.01. The number of sulfonamides is 1. The molecule has 2 rings (SSSR count). The Morgan fingerprint density at radius 1 is 1.53 bits per heavy atom. The molecule has 1 aromatic heterocycles. The van der Waals surface area contributed by atoms with Crippen LogP contribution < -0.4 is 0 Å². The van der Waals surface area contributed by atoms with E-state index in [1.165, 1.54) is 17.8 Å². The van der Waals surface area contributed by atoms with E-state index >= 15 is 0 Å². The van der Waals surface area contributed by atoms with Crippen molar-refractivity contribution in [2.24, 2.45) is 0 Å². The van der Waals surface area contributed by atoms with Crippen LogP contribution in [-0.4, -0.2) is 41.5 Å². The van der Waals surface area contributed by atoms with E-state index in [9.17, 15) is 13.2 Å². The number of rotatable bonds is 3. The summed E-state index contributed by atoms with van der Waals surface area (Å²) < 4.78 is 25.7. The van der Waals surface area contributed by atoms with Gasteiger partial charge in [0.25, 0.3) is 10.0 Å². The van der Waals surface area contributed by atoms with Crippen LogP contribution in [0.1, 0.15) is 4.88 Å². The predicted molar refractivity (Wildman–Crippen MR) is 66.8 cm³/mol. The molecule has 1 fully saturated rings. The zero-order valence-corrected chi connectivity index (χ0v) is 11.4. The number of hydrogen-bond acceptors (Lipinski definition) is 5. The quantitative estimate of drug-likeness (QED) is 0.906. The molecule has 1 aromatic rings. The standard InChI is InChI=1S/C9H11NO4S3/c1-6-2-3-8(16-6)17(13,14)10-5-15-4-7(10)9(11)12/h2-3,7H,4-5H2,1H3,(H,11,12). The molecular weight excluding hydrogens is 282 g/mol. The number of carbonyl (C=O) groups is 1. The van der Waals surface area contributed by atoms with Gasteiger partial charge >= 0.3 is 5.97 Å². The van der Waals surface area contributed by atoms with Gasteiger partial charge in [-0.25, -0.2) is 8.42 Å². The van der Waals surface area contributed by atoms with Gasteiger partial charge < -0.3 is 5.11 Å². The maximum absolute atomic E-state index is 12.2. The molecule has 1 atom stereocenters. The molecule has 2 heterocycles. The third kappa shape index (κ3) is 2.35. The second kappa shape index (κ2) is 4.60. The number of nitrogens with zero attached hydrogens (tertiary/aromatic N) is 1. The van der Waals surface area contributed by atoms with Crippen LogP contribution in [0.15, 0.2) is 16.3 Å². The van der Waals surface area contributed by atoms with Crippen LogP contribution in [0.4, 0.5) is 0 Å². The van der Waals surface area contributed by atoms with Gasteiger partial charge in [-0.3, -0.25) is 4.79 Å². The van der Waals surface area contributed by atoms with E-state index in [1.54, 1.807) is 6.07 Å². The first-order valence-corrected chi connectivity index (χ1v) is 8.23. The molecular formula is C9H11NO4S3. The summed E-state index contributed by atoms with van der Waals surface area (Å²) in [6.07, 6.45) is 0. The molecule has 0 bridgehead atoms. The van der Waals surface area contributed by atoms with Crippen molar-refractivity contribution in [2.45, 2.75) is 17.2 Å². The molecule has 0 spiro atoms. The van der Waals surface area contributed by atoms with E-state index in [2.05, 4.69) is 0 Å². The fraction of sp³-hybridized carbons (Fsp3) is 0.444. The van der Waals surface area contributed by atoms with Crippen LogP contribution in [0.25, 0.3) is 0 Å². The average molecular weight is 293 g/mol. The third-order valence-corrected chi connectivity index (χ3v) is 6.90. The molecule has 5 nitrogen and oxygen atoms in total. The average Bonchev–Trinajstić information content (AvgIpc) is 2.84. The van der Waals surface area contributed by atoms with Gasteiger partial charge in [-0.1, -0.05) is 0 Å². The first kappa shape index (κ1) is 12.9. The SMILES string of the molecule is Cc1ccc(S(=O)(=O)N2CSCC2C(=O)O)s1. The van der Waals surface area contributed by atoms with E-state index in [1.807, 2.05) is 6.92 Å². The van der Waals surface area contributed by atoms with Crippen LogP contribution in [0.2, 0.25) is 0 Å². The topological polar surface area (TPSA) is 74.7 Å². The smallest absolute Gasteiger partial charge is 0.322 e. The highest BCUT2D eigenvalue weighted by Gasteiger charge is 2.40. The van der Waals surface area contributed by atoms with Crippen molar-refractivity contribution in [3.8, 4) is 0 Å². The van der Waals surface area contributed by atoms with Gasteiger partial charge in [0.05, 0.1) is 5.88 Å². The van der Waals surface area contributed by atoms with Gasteiger partial charge in [-0.15, -0.1) is 23.1 Å². The monoisotopic (exact) mass is 293 g/mol. The molecule has 94 valence electrons. The number of hydrogen-bond donors (Lipinski definition) is 1. The van der Waals surface area contributed by atoms with Crippen LogP contribution in [-0.2, 0) is 14.8 Å². The molecule has 0 aromatic carbocycles. The van der Waals surface area contributed by atoms with Gasteiger partial charge in [0.15, 0.2) is 0 Å². The second-order valence-corrected chi connectivity index (χ2v) is 8.02. The van der Waals surface area contributed by atoms with Gasteiger partial charge in [0.1, 0.15) is 10.3 Å². The van der Waals surface area contributed by atoms with Crippen molar-refractivity contribution in [1.82, 2.24) is 4.31 Å². The number of aryl methyl sites for hydroxylation is 1. The highest BCUT2D eigenvalue weighted by atomic mass is 32.2. The van der Waals surface area contributed by atoms with Crippen molar-refractivity contribution in [2.75, 3.05) is 11.6 Å². The Kier molecular flexibility index (Phi) is 3.48. The first-order valence-electron chi connectivity index (χ1n) is 4.82. The highest BCUT2D eigenvalue weighted by Crippen LogP contribution is 2.31. The van der Waals surface area contributed by atoms with Crippen LogP contribution in [0.5, 0.6) is 0 Å². The summed E-state index contributed by atoms with van der Waals surface area (Å²) in [5, 5.41) is 8.98. The second-order valence-electron chi connectivity index (χ2n) is 3.61. The minimum atomic E-state index is -3.66. The maximum atomic E-state index is 12.2. The number of thioether (sulfide) groups is 1. The molecule has 8 heteroatoms. The molecule has 0 saturated carbocycles. The number of aliphatic carboxylic acids is 1. The summed E-state index contributed by atoms with van der Waals surface area (Å²) in [6, 6.07) is 2.29. The third-order valence-electron chi connectivity index (χ3n) is 2.41. The summed E-state index contributed by atoms with van der Waals surface area (Å²) in [4.78, 5) is 11.9. The Hall–Kier alpha value is -0.570. The zero-order valence-electron chi connectivity index (χ0n) is 8.99. The summed E-state index contributed by atoms with van der Waals surface area (Å²) in [6.45, 7) is 1.82. The largest absolute Gasteiger partial charge is 0.480 e. The Labute approximate surface area is 107 Å². The minimum absolute atomic E-state index is 0.205. The number of carboxylic acids is 1. The zero-order chi connectivity index (χ0) is 12.6. The molecule has 1 unspecified atom stereocenters. The molecule has 0 radical (unpaired) electrons. The van der Waals surface area contributed by atoms with E-state index in [0.717, 1.165) is 20.5 Å². The minimum Gasteiger partial charge on any atom is -0.480 e. The van der Waals surface area contributed by atoms with Crippen molar-refractivity contribution in [3.63, 3.8) is 0 Å². The Bertz CT molecular complexity index is 536. The lowest BCUT2D eigenvalue weighted by Crippen LogP contribution is -2.41. The molecule has 17 heavy (non-hydrogen) atoms. The normalized spacial score (nSPS) is 21.8. The lowest BCUT2D eigenvalue weighted by atomic mass is 10.4. The summed E-state index contributed by atoms with van der Waals surface area (Å²) in [7, 11) is -3.66. The Morgan fingerprint density at radius 2 is 2.24 bits per heavy atom. The molecule has 1 N–H and O–H groups in total. The van der Waals surface area contributed by atoms with Crippen molar-refractivity contribution < 1.29 is 18.3 Å². The number of thiophene rings is 1. The van der Waals surface area contributed by atoms with Crippen LogP contribution in [0.3, 0.4) is 0 Å². The van der Waals surface area contributed by atoms with E-state index in [4.69, 9.17) is 5.11 Å². The lowest BCUT2D eigenvalue weighted by Gasteiger charge is -2.18. The molecule has 1 aliphatic heterocycles. The van der Waals surface area contributed by atoms with E-state index in [-0.39, 0.29) is 10.1 Å². The van der Waals surface area contributed by atoms with Crippen molar-refractivity contribution >= 4 is 39.1 Å². The van der Waals surface area contributed by atoms with Gasteiger partial charge in [0, 0.05) is 10.6 Å². The van der Waals surface area contributed by atoms with Crippen molar-refractivity contribution in [1.29, 1.82) is 0 Å². The molecule has 1 saturated heterocycles. The summed E-state index contributed by atoms with van der Waals surface area (Å²) >= 11 is 2.48. The fourth-order valence-electron chi connectivity index (χ4n) is 1.53. The molecule has 0 amide bonds. The fourth-order valence-corrected chi connectivity index (χ4v) is 6.07. The Balaban J connectivity index is 2.36. The Morgan fingerprint density at radius 3 is 2.76 bits per heavy atom. The van der Waals surface area contributed by atoms with Gasteiger partial charge in [0.2, 0.25) is 0 Å². The predicted octanol–water partition coefficient (Wildman–Crippen LogP) is 1.20. The first-order chi connectivity index (χ1) is 7.93. The number of carboxylic acid groups (broad SMARTS) is 1. The summed E-state index contributed by atoms with van der Waals surface area (Å²) in [5.41, 5.74) is 0. The van der Waals surface area contributed by atoms with E-state index < -0.39 is 22.0 Å². The lowest BCUT2D eigenvalue weighted by molar-refractivity contribution is -0.140. The summed E-state index contributed by atoms with van der Waals surface area (Å²) in [5.74, 6) is -0.582. The molecule has 1 aliphatic rings. The van der Waals surface area contributed by atoms with Crippen LogP contribution >= 0.6 is 23.1 Å². The van der Waals surface area contributed by atoms with Crippen molar-refractivity contribution in [3.05, 3.63) is 17.0 Å². The van der Waals surface area contributed by atoms with Crippen LogP contribution in [0, 0.1) is 6.92 Å². The maximum Gasteiger partial charge on any atom is 0.322 e. The molecule has 0 aliphatic carbocycles. The van der Waals surface area contributed by atoms with E-state index in [0.29, 0.717) is 5.75 Å². The van der Waals surface area contributed by atoms with Gasteiger partial charge in [-0.2, -0.15) is 4.31 Å². The van der Waals surface area contributed by atoms with Gasteiger partial charge in [-0.05, 0) is 19.1 Å².